The fourth-order valence-corrected chi connectivity index (χ4v) is 2.35. The van der Waals surface area contributed by atoms with Gasteiger partial charge in [0.05, 0.1) is 11.9 Å². The van der Waals surface area contributed by atoms with Crippen molar-refractivity contribution in [2.24, 2.45) is 0 Å². The molecular weight excluding hydrogens is 246 g/mol. The molecule has 3 nitrogen and oxygen atoms in total. The molecule has 20 heavy (non-hydrogen) atoms. The third-order valence-electron chi connectivity index (χ3n) is 3.94. The number of hydrogen-bond donors (Lipinski definition) is 1. The Bertz CT molecular complexity index is 570. The predicted octanol–water partition coefficient (Wildman–Crippen LogP) is 3.69. The lowest BCUT2D eigenvalue weighted by Gasteiger charge is -2.11. The highest BCUT2D eigenvalue weighted by Crippen LogP contribution is 2.20. The Balaban J connectivity index is 2.18. The van der Waals surface area contributed by atoms with Gasteiger partial charge in [0, 0.05) is 17.8 Å². The summed E-state index contributed by atoms with van der Waals surface area (Å²) < 4.78 is 2.05. The first-order valence-electron chi connectivity index (χ1n) is 7.46. The molecule has 0 aliphatic rings. The summed E-state index contributed by atoms with van der Waals surface area (Å²) in [4.78, 5) is 0. The standard InChI is InChI=1S/C17H25N3/c1-5-6-10-18-11-16-12-19-20(15(16)4)17-9-7-8-13(2)14(17)3/h7-9,12,18H,5-6,10-11H2,1-4H3. The van der Waals surface area contributed by atoms with E-state index >= 15 is 0 Å². The van der Waals surface area contributed by atoms with Crippen LogP contribution in [0.2, 0.25) is 0 Å². The Kier molecular flexibility index (Phi) is 4.96. The smallest absolute Gasteiger partial charge is 0.0680 e. The highest BCUT2D eigenvalue weighted by molar-refractivity contribution is 5.45. The number of nitrogens with one attached hydrogen (secondary N) is 1. The van der Waals surface area contributed by atoms with Crippen LogP contribution in [-0.2, 0) is 6.54 Å². The largest absolute Gasteiger partial charge is 0.313 e. The Morgan fingerprint density at radius 3 is 2.75 bits per heavy atom. The maximum absolute atomic E-state index is 4.56. The average molecular weight is 271 g/mol. The molecule has 0 saturated carbocycles. The highest BCUT2D eigenvalue weighted by Gasteiger charge is 2.10. The second-order valence-corrected chi connectivity index (χ2v) is 5.42. The van der Waals surface area contributed by atoms with Crippen LogP contribution < -0.4 is 5.32 Å². The summed E-state index contributed by atoms with van der Waals surface area (Å²) in [6, 6.07) is 6.37. The monoisotopic (exact) mass is 271 g/mol. The highest BCUT2D eigenvalue weighted by atomic mass is 15.3. The fourth-order valence-electron chi connectivity index (χ4n) is 2.35. The molecule has 3 heteroatoms. The van der Waals surface area contributed by atoms with Gasteiger partial charge >= 0.3 is 0 Å². The van der Waals surface area contributed by atoms with Crippen LogP contribution in [0.4, 0.5) is 0 Å². The molecule has 0 amide bonds. The molecule has 2 rings (SSSR count). The van der Waals surface area contributed by atoms with Crippen LogP contribution in [0.25, 0.3) is 5.69 Å². The van der Waals surface area contributed by atoms with Gasteiger partial charge in [0.2, 0.25) is 0 Å². The summed E-state index contributed by atoms with van der Waals surface area (Å²) in [6.07, 6.45) is 4.44. The van der Waals surface area contributed by atoms with Crippen molar-refractivity contribution in [3.63, 3.8) is 0 Å². The van der Waals surface area contributed by atoms with E-state index in [0.29, 0.717) is 0 Å². The molecule has 1 aromatic carbocycles. The number of aryl methyl sites for hydroxylation is 1. The van der Waals surface area contributed by atoms with Crippen LogP contribution in [0.5, 0.6) is 0 Å². The van der Waals surface area contributed by atoms with Crippen molar-refractivity contribution < 1.29 is 0 Å². The quantitative estimate of drug-likeness (QED) is 0.812. The molecule has 0 unspecified atom stereocenters. The van der Waals surface area contributed by atoms with Crippen molar-refractivity contribution in [2.75, 3.05) is 6.54 Å². The van der Waals surface area contributed by atoms with Crippen LogP contribution in [0.15, 0.2) is 24.4 Å². The number of unbranched alkanes of at least 4 members (excludes halogenated alkanes) is 1. The molecule has 0 aliphatic heterocycles. The van der Waals surface area contributed by atoms with Crippen molar-refractivity contribution in [3.8, 4) is 5.69 Å². The van der Waals surface area contributed by atoms with Gasteiger partial charge in [0.25, 0.3) is 0 Å². The molecule has 0 fully saturated rings. The van der Waals surface area contributed by atoms with Crippen LogP contribution in [0.1, 0.15) is 42.1 Å². The lowest BCUT2D eigenvalue weighted by atomic mass is 10.1. The molecule has 1 aromatic heterocycles. The van der Waals surface area contributed by atoms with E-state index in [4.69, 9.17) is 0 Å². The zero-order chi connectivity index (χ0) is 14.5. The molecule has 0 radical (unpaired) electrons. The summed E-state index contributed by atoms with van der Waals surface area (Å²) in [5.74, 6) is 0. The van der Waals surface area contributed by atoms with Gasteiger partial charge in [-0.3, -0.25) is 0 Å². The minimum Gasteiger partial charge on any atom is -0.313 e. The molecule has 2 aromatic rings. The van der Waals surface area contributed by atoms with Crippen LogP contribution in [-0.4, -0.2) is 16.3 Å². The first kappa shape index (κ1) is 14.8. The molecule has 0 atom stereocenters. The first-order chi connectivity index (χ1) is 9.65. The maximum atomic E-state index is 4.56. The van der Waals surface area contributed by atoms with Crippen LogP contribution in [0, 0.1) is 20.8 Å². The van der Waals surface area contributed by atoms with E-state index in [1.54, 1.807) is 0 Å². The minimum absolute atomic E-state index is 0.900. The Morgan fingerprint density at radius 2 is 2.00 bits per heavy atom. The zero-order valence-corrected chi connectivity index (χ0v) is 13.0. The lowest BCUT2D eigenvalue weighted by Crippen LogP contribution is -2.15. The third-order valence-corrected chi connectivity index (χ3v) is 3.94. The van der Waals surface area contributed by atoms with E-state index in [1.165, 1.54) is 40.9 Å². The zero-order valence-electron chi connectivity index (χ0n) is 13.0. The van der Waals surface area contributed by atoms with Gasteiger partial charge in [0.1, 0.15) is 0 Å². The summed E-state index contributed by atoms with van der Waals surface area (Å²) in [7, 11) is 0. The molecule has 0 aliphatic carbocycles. The van der Waals surface area contributed by atoms with E-state index in [2.05, 4.69) is 61.0 Å². The number of benzene rings is 1. The van der Waals surface area contributed by atoms with Gasteiger partial charge in [-0.2, -0.15) is 5.10 Å². The van der Waals surface area contributed by atoms with E-state index in [-0.39, 0.29) is 0 Å². The van der Waals surface area contributed by atoms with Crippen molar-refractivity contribution in [1.82, 2.24) is 15.1 Å². The molecule has 108 valence electrons. The van der Waals surface area contributed by atoms with Gasteiger partial charge in [-0.25, -0.2) is 4.68 Å². The van der Waals surface area contributed by atoms with Gasteiger partial charge < -0.3 is 5.32 Å². The van der Waals surface area contributed by atoms with Gasteiger partial charge in [-0.05, 0) is 50.9 Å². The predicted molar refractivity (Wildman–Crippen MR) is 84.4 cm³/mol. The number of aromatic nitrogens is 2. The SMILES string of the molecule is CCCCNCc1cnn(-c2cccc(C)c2C)c1C. The van der Waals surface area contributed by atoms with Crippen LogP contribution in [0.3, 0.4) is 0 Å². The lowest BCUT2D eigenvalue weighted by molar-refractivity contribution is 0.639. The van der Waals surface area contributed by atoms with Crippen molar-refractivity contribution in [1.29, 1.82) is 0 Å². The third kappa shape index (κ3) is 3.10. The number of nitrogens with zero attached hydrogens (tertiary/aromatic N) is 2. The van der Waals surface area contributed by atoms with Crippen molar-refractivity contribution in [3.05, 3.63) is 46.8 Å². The molecule has 1 heterocycles. The summed E-state index contributed by atoms with van der Waals surface area (Å²) in [6.45, 7) is 10.6. The second kappa shape index (κ2) is 6.71. The summed E-state index contributed by atoms with van der Waals surface area (Å²) in [5.41, 5.74) is 6.29. The first-order valence-corrected chi connectivity index (χ1v) is 7.46. The van der Waals surface area contributed by atoms with Crippen LogP contribution >= 0.6 is 0 Å². The molecular formula is C17H25N3. The maximum Gasteiger partial charge on any atom is 0.0680 e. The summed E-state index contributed by atoms with van der Waals surface area (Å²) in [5, 5.41) is 8.04. The van der Waals surface area contributed by atoms with Gasteiger partial charge in [0.15, 0.2) is 0 Å². The Hall–Kier alpha value is -1.61. The molecule has 0 spiro atoms. The molecule has 0 saturated heterocycles. The number of hydrogen-bond acceptors (Lipinski definition) is 2. The summed E-state index contributed by atoms with van der Waals surface area (Å²) >= 11 is 0. The molecule has 1 N–H and O–H groups in total. The van der Waals surface area contributed by atoms with E-state index < -0.39 is 0 Å². The van der Waals surface area contributed by atoms with Gasteiger partial charge in [-0.1, -0.05) is 25.5 Å². The second-order valence-electron chi connectivity index (χ2n) is 5.42. The topological polar surface area (TPSA) is 29.9 Å². The fraction of sp³-hybridized carbons (Fsp3) is 0.471. The Labute approximate surface area is 122 Å². The van der Waals surface area contributed by atoms with Gasteiger partial charge in [-0.15, -0.1) is 0 Å². The van der Waals surface area contributed by atoms with Crippen molar-refractivity contribution in [2.45, 2.75) is 47.1 Å². The van der Waals surface area contributed by atoms with E-state index in [1.807, 2.05) is 6.20 Å². The normalized spacial score (nSPS) is 11.0. The molecule has 0 bridgehead atoms. The van der Waals surface area contributed by atoms with E-state index in [9.17, 15) is 0 Å². The van der Waals surface area contributed by atoms with Crippen molar-refractivity contribution >= 4 is 0 Å². The van der Waals surface area contributed by atoms with E-state index in [0.717, 1.165) is 13.1 Å². The average Bonchev–Trinajstić information content (AvgIpc) is 2.80. The Morgan fingerprint density at radius 1 is 1.20 bits per heavy atom. The number of rotatable bonds is 6. The minimum atomic E-state index is 0.900.